The Morgan fingerprint density at radius 3 is 2.73 bits per heavy atom. The summed E-state index contributed by atoms with van der Waals surface area (Å²) >= 11 is 6.08. The number of imidazole rings is 1. The molecule has 78 valence electrons. The van der Waals surface area contributed by atoms with Gasteiger partial charge in [-0.05, 0) is 31.5 Å². The van der Waals surface area contributed by atoms with Crippen molar-refractivity contribution in [3.05, 3.63) is 40.7 Å². The van der Waals surface area contributed by atoms with E-state index in [0.29, 0.717) is 11.0 Å². The molecule has 1 aromatic heterocycles. The monoisotopic (exact) mass is 221 g/mol. The van der Waals surface area contributed by atoms with E-state index in [1.807, 2.05) is 32.0 Å². The third-order valence-electron chi connectivity index (χ3n) is 2.08. The van der Waals surface area contributed by atoms with Gasteiger partial charge in [0.2, 0.25) is 5.95 Å². The Balaban J connectivity index is 2.24. The summed E-state index contributed by atoms with van der Waals surface area (Å²) in [6.45, 7) is 3.96. The number of aromatic amines is 1. The molecule has 0 atom stereocenters. The molecule has 0 amide bonds. The first kappa shape index (κ1) is 10.1. The van der Waals surface area contributed by atoms with Crippen LogP contribution in [0.5, 0.6) is 0 Å². The lowest BCUT2D eigenvalue weighted by molar-refractivity contribution is 1.24. The van der Waals surface area contributed by atoms with Crippen LogP contribution < -0.4 is 5.32 Å². The molecule has 0 bridgehead atoms. The standard InChI is InChI=1S/C11H12ClN3/c1-7-3-4-10(9(12)5-7)15-11-13-6-8(2)14-11/h3-6H,1-2H3,(H2,13,14,15). The molecule has 4 heteroatoms. The number of rotatable bonds is 2. The quantitative estimate of drug-likeness (QED) is 0.816. The van der Waals surface area contributed by atoms with E-state index in [9.17, 15) is 0 Å². The normalized spacial score (nSPS) is 10.3. The lowest BCUT2D eigenvalue weighted by Gasteiger charge is -2.05. The Labute approximate surface area is 93.5 Å². The average molecular weight is 222 g/mol. The van der Waals surface area contributed by atoms with Crippen LogP contribution in [0.1, 0.15) is 11.3 Å². The lowest BCUT2D eigenvalue weighted by Crippen LogP contribution is -1.93. The van der Waals surface area contributed by atoms with Crippen molar-refractivity contribution >= 4 is 23.2 Å². The van der Waals surface area contributed by atoms with Gasteiger partial charge in [0.25, 0.3) is 0 Å². The van der Waals surface area contributed by atoms with E-state index in [2.05, 4.69) is 15.3 Å². The van der Waals surface area contributed by atoms with E-state index in [-0.39, 0.29) is 0 Å². The predicted molar refractivity (Wildman–Crippen MR) is 62.8 cm³/mol. The molecule has 3 nitrogen and oxygen atoms in total. The van der Waals surface area contributed by atoms with Gasteiger partial charge in [-0.25, -0.2) is 4.98 Å². The van der Waals surface area contributed by atoms with Crippen molar-refractivity contribution in [3.63, 3.8) is 0 Å². The third-order valence-corrected chi connectivity index (χ3v) is 2.39. The fraction of sp³-hybridized carbons (Fsp3) is 0.182. The Morgan fingerprint density at radius 2 is 2.13 bits per heavy atom. The van der Waals surface area contributed by atoms with Gasteiger partial charge in [0.1, 0.15) is 0 Å². The Morgan fingerprint density at radius 1 is 1.33 bits per heavy atom. The highest BCUT2D eigenvalue weighted by atomic mass is 35.5. The van der Waals surface area contributed by atoms with Gasteiger partial charge >= 0.3 is 0 Å². The summed E-state index contributed by atoms with van der Waals surface area (Å²) < 4.78 is 0. The highest BCUT2D eigenvalue weighted by Crippen LogP contribution is 2.24. The maximum atomic E-state index is 6.08. The largest absolute Gasteiger partial charge is 0.328 e. The fourth-order valence-corrected chi connectivity index (χ4v) is 1.61. The van der Waals surface area contributed by atoms with Gasteiger partial charge in [0, 0.05) is 11.9 Å². The lowest BCUT2D eigenvalue weighted by atomic mass is 10.2. The number of aromatic nitrogens is 2. The van der Waals surface area contributed by atoms with E-state index in [4.69, 9.17) is 11.6 Å². The van der Waals surface area contributed by atoms with E-state index in [1.165, 1.54) is 0 Å². The van der Waals surface area contributed by atoms with Gasteiger partial charge in [-0.3, -0.25) is 0 Å². The minimum Gasteiger partial charge on any atom is -0.328 e. The summed E-state index contributed by atoms with van der Waals surface area (Å²) in [4.78, 5) is 7.23. The molecule has 2 rings (SSSR count). The summed E-state index contributed by atoms with van der Waals surface area (Å²) in [6, 6.07) is 5.86. The molecule has 15 heavy (non-hydrogen) atoms. The van der Waals surface area contributed by atoms with Crippen LogP contribution in [-0.4, -0.2) is 9.97 Å². The van der Waals surface area contributed by atoms with Gasteiger partial charge < -0.3 is 10.3 Å². The van der Waals surface area contributed by atoms with Crippen molar-refractivity contribution in [1.82, 2.24) is 9.97 Å². The molecule has 0 aliphatic heterocycles. The molecule has 2 aromatic rings. The Kier molecular flexibility index (Phi) is 2.64. The molecule has 0 aliphatic carbocycles. The minimum atomic E-state index is 0.698. The first-order valence-electron chi connectivity index (χ1n) is 4.70. The molecule has 2 N–H and O–H groups in total. The van der Waals surface area contributed by atoms with E-state index in [1.54, 1.807) is 6.20 Å². The molecule has 0 saturated heterocycles. The van der Waals surface area contributed by atoms with Gasteiger partial charge in [-0.2, -0.15) is 0 Å². The highest BCUT2D eigenvalue weighted by Gasteiger charge is 2.02. The maximum absolute atomic E-state index is 6.08. The second kappa shape index (κ2) is 3.95. The highest BCUT2D eigenvalue weighted by molar-refractivity contribution is 6.33. The summed E-state index contributed by atoms with van der Waals surface area (Å²) in [5, 5.41) is 3.82. The number of nitrogens with one attached hydrogen (secondary N) is 2. The maximum Gasteiger partial charge on any atom is 0.204 e. The summed E-state index contributed by atoms with van der Waals surface area (Å²) in [7, 11) is 0. The second-order valence-corrected chi connectivity index (χ2v) is 3.93. The van der Waals surface area contributed by atoms with Gasteiger partial charge in [-0.1, -0.05) is 17.7 Å². The molecule has 1 heterocycles. The number of halogens is 1. The van der Waals surface area contributed by atoms with Crippen molar-refractivity contribution in [2.75, 3.05) is 5.32 Å². The number of aryl methyl sites for hydroxylation is 2. The topological polar surface area (TPSA) is 40.7 Å². The average Bonchev–Trinajstić information content (AvgIpc) is 2.56. The molecule has 0 radical (unpaired) electrons. The summed E-state index contributed by atoms with van der Waals surface area (Å²) in [5.74, 6) is 0.707. The van der Waals surface area contributed by atoms with Crippen molar-refractivity contribution in [2.24, 2.45) is 0 Å². The van der Waals surface area contributed by atoms with Crippen LogP contribution in [-0.2, 0) is 0 Å². The molecule has 0 spiro atoms. The number of hydrogen-bond donors (Lipinski definition) is 2. The minimum absolute atomic E-state index is 0.698. The SMILES string of the molecule is Cc1ccc(Nc2ncc(C)[nH]2)c(Cl)c1. The molecular formula is C11H12ClN3. The predicted octanol–water partition coefficient (Wildman–Crippen LogP) is 3.42. The smallest absolute Gasteiger partial charge is 0.204 e. The molecule has 0 unspecified atom stereocenters. The van der Waals surface area contributed by atoms with E-state index < -0.39 is 0 Å². The molecule has 0 aliphatic rings. The summed E-state index contributed by atoms with van der Waals surface area (Å²) in [6.07, 6.45) is 1.77. The Hall–Kier alpha value is -1.48. The van der Waals surface area contributed by atoms with Crippen LogP contribution in [0.4, 0.5) is 11.6 Å². The zero-order valence-electron chi connectivity index (χ0n) is 8.63. The van der Waals surface area contributed by atoms with Crippen LogP contribution in [0.3, 0.4) is 0 Å². The number of anilines is 2. The van der Waals surface area contributed by atoms with Crippen molar-refractivity contribution in [3.8, 4) is 0 Å². The second-order valence-electron chi connectivity index (χ2n) is 3.52. The van der Waals surface area contributed by atoms with Crippen LogP contribution in [0, 0.1) is 13.8 Å². The van der Waals surface area contributed by atoms with Crippen LogP contribution in [0.15, 0.2) is 24.4 Å². The Bertz CT molecular complexity index is 476. The first-order valence-corrected chi connectivity index (χ1v) is 5.08. The van der Waals surface area contributed by atoms with E-state index >= 15 is 0 Å². The molecular weight excluding hydrogens is 210 g/mol. The zero-order valence-corrected chi connectivity index (χ0v) is 9.39. The van der Waals surface area contributed by atoms with Crippen molar-refractivity contribution < 1.29 is 0 Å². The van der Waals surface area contributed by atoms with Crippen molar-refractivity contribution in [2.45, 2.75) is 13.8 Å². The van der Waals surface area contributed by atoms with Crippen LogP contribution in [0.2, 0.25) is 5.02 Å². The number of nitrogens with zero attached hydrogens (tertiary/aromatic N) is 1. The van der Waals surface area contributed by atoms with Gasteiger partial charge in [0.05, 0.1) is 10.7 Å². The number of benzene rings is 1. The fourth-order valence-electron chi connectivity index (χ4n) is 1.33. The van der Waals surface area contributed by atoms with Crippen molar-refractivity contribution in [1.29, 1.82) is 0 Å². The van der Waals surface area contributed by atoms with Gasteiger partial charge in [-0.15, -0.1) is 0 Å². The molecule has 0 fully saturated rings. The third kappa shape index (κ3) is 2.30. The summed E-state index contributed by atoms with van der Waals surface area (Å²) in [5.41, 5.74) is 3.01. The molecule has 0 saturated carbocycles. The number of hydrogen-bond acceptors (Lipinski definition) is 2. The van der Waals surface area contributed by atoms with Gasteiger partial charge in [0.15, 0.2) is 0 Å². The van der Waals surface area contributed by atoms with Crippen LogP contribution >= 0.6 is 11.6 Å². The zero-order chi connectivity index (χ0) is 10.8. The van der Waals surface area contributed by atoms with Crippen LogP contribution in [0.25, 0.3) is 0 Å². The van der Waals surface area contributed by atoms with E-state index in [0.717, 1.165) is 16.9 Å². The number of H-pyrrole nitrogens is 1. The first-order chi connectivity index (χ1) is 7.15. The molecule has 1 aromatic carbocycles.